The van der Waals surface area contributed by atoms with E-state index in [2.05, 4.69) is 38.0 Å². The second kappa shape index (κ2) is 8.41. The van der Waals surface area contributed by atoms with Gasteiger partial charge in [0.1, 0.15) is 0 Å². The summed E-state index contributed by atoms with van der Waals surface area (Å²) in [6.07, 6.45) is 9.92. The van der Waals surface area contributed by atoms with Crippen molar-refractivity contribution in [1.82, 2.24) is 5.32 Å². The van der Waals surface area contributed by atoms with E-state index < -0.39 is 0 Å². The highest BCUT2D eigenvalue weighted by atomic mass is 32.2. The average Bonchev–Trinajstić information content (AvgIpc) is 2.77. The molecule has 0 bridgehead atoms. The van der Waals surface area contributed by atoms with E-state index in [1.54, 1.807) is 0 Å². The third-order valence-corrected chi connectivity index (χ3v) is 5.25. The van der Waals surface area contributed by atoms with Crippen molar-refractivity contribution < 1.29 is 0 Å². The molecule has 0 heterocycles. The number of nitrogens with one attached hydrogen (secondary N) is 1. The summed E-state index contributed by atoms with van der Waals surface area (Å²) in [5.74, 6) is 2.20. The molecule has 0 aromatic carbocycles. The molecular formula is C14H29NS. The Balaban J connectivity index is 2.14. The van der Waals surface area contributed by atoms with Crippen molar-refractivity contribution in [1.29, 1.82) is 0 Å². The second-order valence-electron chi connectivity index (χ2n) is 5.35. The monoisotopic (exact) mass is 243 g/mol. The summed E-state index contributed by atoms with van der Waals surface area (Å²) in [7, 11) is 2.12. The summed E-state index contributed by atoms with van der Waals surface area (Å²) in [4.78, 5) is 0. The minimum absolute atomic E-state index is 0.729. The maximum atomic E-state index is 3.49. The van der Waals surface area contributed by atoms with E-state index in [4.69, 9.17) is 0 Å². The molecule has 2 atom stereocenters. The lowest BCUT2D eigenvalue weighted by Gasteiger charge is -2.21. The van der Waals surface area contributed by atoms with E-state index in [0.717, 1.165) is 17.2 Å². The van der Waals surface area contributed by atoms with Gasteiger partial charge in [-0.15, -0.1) is 0 Å². The predicted octanol–water partition coefficient (Wildman–Crippen LogP) is 4.08. The van der Waals surface area contributed by atoms with Crippen LogP contribution in [0.5, 0.6) is 0 Å². The minimum atomic E-state index is 0.729. The Kier molecular flexibility index (Phi) is 7.55. The van der Waals surface area contributed by atoms with Gasteiger partial charge in [-0.05, 0) is 32.2 Å². The molecule has 2 unspecified atom stereocenters. The van der Waals surface area contributed by atoms with Crippen molar-refractivity contribution in [2.75, 3.05) is 12.8 Å². The first-order valence-electron chi connectivity index (χ1n) is 7.05. The van der Waals surface area contributed by atoms with Crippen LogP contribution in [0.2, 0.25) is 0 Å². The van der Waals surface area contributed by atoms with Gasteiger partial charge in [0.15, 0.2) is 0 Å². The maximum absolute atomic E-state index is 3.49. The van der Waals surface area contributed by atoms with Crippen LogP contribution in [-0.4, -0.2) is 24.1 Å². The fourth-order valence-corrected chi connectivity index (χ4v) is 4.15. The number of hydrogen-bond donors (Lipinski definition) is 1. The minimum Gasteiger partial charge on any atom is -0.316 e. The van der Waals surface area contributed by atoms with Gasteiger partial charge in [-0.1, -0.05) is 39.5 Å². The molecule has 0 saturated heterocycles. The first kappa shape index (κ1) is 14.4. The number of rotatable bonds is 8. The molecule has 1 rings (SSSR count). The summed E-state index contributed by atoms with van der Waals surface area (Å²) in [5.41, 5.74) is 0. The third-order valence-electron chi connectivity index (χ3n) is 3.71. The summed E-state index contributed by atoms with van der Waals surface area (Å²) < 4.78 is 0. The third kappa shape index (κ3) is 5.58. The fourth-order valence-electron chi connectivity index (χ4n) is 2.67. The van der Waals surface area contributed by atoms with Gasteiger partial charge >= 0.3 is 0 Å². The molecule has 16 heavy (non-hydrogen) atoms. The van der Waals surface area contributed by atoms with Gasteiger partial charge in [0.05, 0.1) is 0 Å². The van der Waals surface area contributed by atoms with E-state index >= 15 is 0 Å². The molecule has 0 spiro atoms. The molecule has 1 fully saturated rings. The number of hydrogen-bond acceptors (Lipinski definition) is 2. The van der Waals surface area contributed by atoms with Crippen molar-refractivity contribution in [3.05, 3.63) is 0 Å². The van der Waals surface area contributed by atoms with Crippen molar-refractivity contribution in [3.8, 4) is 0 Å². The Labute approximate surface area is 106 Å². The zero-order chi connectivity index (χ0) is 11.8. The smallest absolute Gasteiger partial charge is 0.0157 e. The Morgan fingerprint density at radius 3 is 2.56 bits per heavy atom. The maximum Gasteiger partial charge on any atom is 0.0157 e. The average molecular weight is 243 g/mol. The van der Waals surface area contributed by atoms with Crippen LogP contribution in [0.4, 0.5) is 0 Å². The first-order valence-corrected chi connectivity index (χ1v) is 8.10. The standard InChI is InChI=1S/C14H29NS/c1-4-7-12(2)10-13(15-3)11-16-14-8-5-6-9-14/h12-15H,4-11H2,1-3H3. The molecule has 0 aromatic rings. The molecule has 1 N–H and O–H groups in total. The Hall–Kier alpha value is 0.310. The lowest BCUT2D eigenvalue weighted by Crippen LogP contribution is -2.30. The van der Waals surface area contributed by atoms with Crippen LogP contribution in [0.15, 0.2) is 0 Å². The van der Waals surface area contributed by atoms with Crippen molar-refractivity contribution in [2.45, 2.75) is 70.1 Å². The van der Waals surface area contributed by atoms with E-state index in [-0.39, 0.29) is 0 Å². The van der Waals surface area contributed by atoms with E-state index in [1.807, 2.05) is 0 Å². The highest BCUT2D eigenvalue weighted by Crippen LogP contribution is 2.30. The van der Waals surface area contributed by atoms with Crippen molar-refractivity contribution >= 4 is 11.8 Å². The van der Waals surface area contributed by atoms with Gasteiger partial charge in [-0.3, -0.25) is 0 Å². The van der Waals surface area contributed by atoms with Crippen LogP contribution in [-0.2, 0) is 0 Å². The molecule has 1 nitrogen and oxygen atoms in total. The van der Waals surface area contributed by atoms with Crippen LogP contribution < -0.4 is 5.32 Å². The first-order chi connectivity index (χ1) is 7.76. The SMILES string of the molecule is CCCC(C)CC(CSC1CCCC1)NC. The highest BCUT2D eigenvalue weighted by molar-refractivity contribution is 7.99. The van der Waals surface area contributed by atoms with Crippen LogP contribution in [0, 0.1) is 5.92 Å². The molecule has 2 heteroatoms. The summed E-state index contributed by atoms with van der Waals surface area (Å²) in [6.45, 7) is 4.69. The molecule has 1 aliphatic rings. The Bertz CT molecular complexity index is 166. The summed E-state index contributed by atoms with van der Waals surface area (Å²) in [5, 5.41) is 4.46. The van der Waals surface area contributed by atoms with Gasteiger partial charge in [0, 0.05) is 17.0 Å². The van der Waals surface area contributed by atoms with Crippen LogP contribution in [0.3, 0.4) is 0 Å². The van der Waals surface area contributed by atoms with Gasteiger partial charge in [0.25, 0.3) is 0 Å². The summed E-state index contributed by atoms with van der Waals surface area (Å²) >= 11 is 2.21. The van der Waals surface area contributed by atoms with Crippen molar-refractivity contribution in [2.24, 2.45) is 5.92 Å². The molecule has 1 saturated carbocycles. The lowest BCUT2D eigenvalue weighted by molar-refractivity contribution is 0.419. The largest absolute Gasteiger partial charge is 0.316 e. The molecule has 1 aliphatic carbocycles. The Morgan fingerprint density at radius 1 is 1.31 bits per heavy atom. The molecule has 96 valence electrons. The highest BCUT2D eigenvalue weighted by Gasteiger charge is 2.18. The van der Waals surface area contributed by atoms with Crippen molar-refractivity contribution in [3.63, 3.8) is 0 Å². The Morgan fingerprint density at radius 2 is 2.00 bits per heavy atom. The lowest BCUT2D eigenvalue weighted by atomic mass is 9.98. The summed E-state index contributed by atoms with van der Waals surface area (Å²) in [6, 6.07) is 0.729. The van der Waals surface area contributed by atoms with Crippen LogP contribution in [0.1, 0.15) is 58.8 Å². The quantitative estimate of drug-likeness (QED) is 0.689. The molecule has 0 aliphatic heterocycles. The van der Waals surface area contributed by atoms with E-state index in [9.17, 15) is 0 Å². The molecule has 0 aromatic heterocycles. The molecular weight excluding hydrogens is 214 g/mol. The molecule has 0 radical (unpaired) electrons. The van der Waals surface area contributed by atoms with Gasteiger partial charge in [-0.2, -0.15) is 11.8 Å². The van der Waals surface area contributed by atoms with E-state index in [1.165, 1.54) is 50.7 Å². The second-order valence-corrected chi connectivity index (χ2v) is 6.69. The van der Waals surface area contributed by atoms with Crippen LogP contribution >= 0.6 is 11.8 Å². The normalized spacial score (nSPS) is 21.2. The zero-order valence-corrected chi connectivity index (χ0v) is 12.1. The van der Waals surface area contributed by atoms with Gasteiger partial charge < -0.3 is 5.32 Å². The van der Waals surface area contributed by atoms with Gasteiger partial charge in [-0.25, -0.2) is 0 Å². The van der Waals surface area contributed by atoms with E-state index in [0.29, 0.717) is 0 Å². The van der Waals surface area contributed by atoms with Crippen LogP contribution in [0.25, 0.3) is 0 Å². The van der Waals surface area contributed by atoms with Gasteiger partial charge in [0.2, 0.25) is 0 Å². The fraction of sp³-hybridized carbons (Fsp3) is 1.00. The number of thioether (sulfide) groups is 1. The zero-order valence-electron chi connectivity index (χ0n) is 11.3. The predicted molar refractivity (Wildman–Crippen MR) is 76.3 cm³/mol. The topological polar surface area (TPSA) is 12.0 Å². The molecule has 0 amide bonds.